The van der Waals surface area contributed by atoms with Gasteiger partial charge in [-0.3, -0.25) is 5.43 Å². The number of rotatable bonds is 4. The summed E-state index contributed by atoms with van der Waals surface area (Å²) in [6.07, 6.45) is 0. The molecular weight excluding hydrogens is 230 g/mol. The minimum atomic E-state index is -0.440. The molecule has 2 amide bonds. The van der Waals surface area contributed by atoms with Gasteiger partial charge >= 0.3 is 6.03 Å². The maximum atomic E-state index is 10.8. The third-order valence-corrected chi connectivity index (χ3v) is 2.18. The van der Waals surface area contributed by atoms with Gasteiger partial charge in [0.05, 0.1) is 11.6 Å². The lowest BCUT2D eigenvalue weighted by Crippen LogP contribution is -2.39. The number of carbonyl (C=O) groups excluding carboxylic acids is 1. The van der Waals surface area contributed by atoms with E-state index in [1.54, 1.807) is 12.1 Å². The Labute approximate surface area is 98.9 Å². The summed E-state index contributed by atoms with van der Waals surface area (Å²) in [4.78, 5) is 10.8. The zero-order valence-corrected chi connectivity index (χ0v) is 9.67. The average Bonchev–Trinajstić information content (AvgIpc) is 2.29. The van der Waals surface area contributed by atoms with Crippen LogP contribution in [0.1, 0.15) is 12.5 Å². The Morgan fingerprint density at radius 3 is 2.88 bits per heavy atom. The molecule has 0 fully saturated rings. The zero-order valence-electron chi connectivity index (χ0n) is 8.92. The van der Waals surface area contributed by atoms with Crippen molar-refractivity contribution < 1.29 is 9.53 Å². The molecule has 1 aromatic rings. The Morgan fingerprint density at radius 2 is 2.31 bits per heavy atom. The second-order valence-corrected chi connectivity index (χ2v) is 3.43. The maximum absolute atomic E-state index is 10.8. The molecule has 0 atom stereocenters. The lowest BCUT2D eigenvalue weighted by Gasteiger charge is -2.08. The number of nitrogens with two attached hydrogens (primary N) is 1. The van der Waals surface area contributed by atoms with Crippen LogP contribution >= 0.6 is 11.6 Å². The first-order chi connectivity index (χ1) is 7.67. The van der Waals surface area contributed by atoms with Crippen molar-refractivity contribution in [2.45, 2.75) is 13.5 Å². The monoisotopic (exact) mass is 243 g/mol. The van der Waals surface area contributed by atoms with E-state index in [0.717, 1.165) is 5.56 Å². The van der Waals surface area contributed by atoms with Crippen LogP contribution in [0.5, 0.6) is 5.75 Å². The molecule has 0 saturated heterocycles. The Morgan fingerprint density at radius 1 is 1.56 bits per heavy atom. The number of hydrazine groups is 1. The van der Waals surface area contributed by atoms with E-state index in [4.69, 9.17) is 22.2 Å². The number of urea groups is 1. The Hall–Kier alpha value is -1.46. The SMILES string of the molecule is CCOc1ccc(CNC(=O)NN)cc1Cl. The largest absolute Gasteiger partial charge is 0.492 e. The summed E-state index contributed by atoms with van der Waals surface area (Å²) in [6, 6.07) is 4.89. The number of carbonyl (C=O) groups is 1. The van der Waals surface area contributed by atoms with Crippen molar-refractivity contribution in [2.75, 3.05) is 6.61 Å². The fourth-order valence-corrected chi connectivity index (χ4v) is 1.42. The molecule has 1 aromatic carbocycles. The van der Waals surface area contributed by atoms with Gasteiger partial charge in [-0.05, 0) is 24.6 Å². The molecule has 0 saturated carbocycles. The number of hydrogen-bond acceptors (Lipinski definition) is 3. The van der Waals surface area contributed by atoms with E-state index >= 15 is 0 Å². The van der Waals surface area contributed by atoms with Gasteiger partial charge < -0.3 is 10.1 Å². The lowest BCUT2D eigenvalue weighted by molar-refractivity contribution is 0.241. The van der Waals surface area contributed by atoms with Gasteiger partial charge in [0.15, 0.2) is 0 Å². The van der Waals surface area contributed by atoms with Crippen LogP contribution in [0.3, 0.4) is 0 Å². The summed E-state index contributed by atoms with van der Waals surface area (Å²) in [5.41, 5.74) is 2.85. The van der Waals surface area contributed by atoms with Crippen LogP contribution in [-0.4, -0.2) is 12.6 Å². The highest BCUT2D eigenvalue weighted by atomic mass is 35.5. The van der Waals surface area contributed by atoms with Crippen molar-refractivity contribution in [3.05, 3.63) is 28.8 Å². The van der Waals surface area contributed by atoms with Gasteiger partial charge in [0.1, 0.15) is 5.75 Å². The van der Waals surface area contributed by atoms with Crippen LogP contribution in [0.25, 0.3) is 0 Å². The average molecular weight is 244 g/mol. The van der Waals surface area contributed by atoms with Crippen LogP contribution in [0.4, 0.5) is 4.79 Å². The maximum Gasteiger partial charge on any atom is 0.329 e. The Balaban J connectivity index is 2.62. The second kappa shape index (κ2) is 6.19. The lowest BCUT2D eigenvalue weighted by atomic mass is 10.2. The summed E-state index contributed by atoms with van der Waals surface area (Å²) in [5.74, 6) is 5.56. The molecule has 16 heavy (non-hydrogen) atoms. The molecule has 88 valence electrons. The van der Waals surface area contributed by atoms with Crippen LogP contribution in [0, 0.1) is 0 Å². The third-order valence-electron chi connectivity index (χ3n) is 1.88. The predicted octanol–water partition coefficient (Wildman–Crippen LogP) is 1.41. The highest BCUT2D eigenvalue weighted by molar-refractivity contribution is 6.32. The standard InChI is InChI=1S/C10H14ClN3O2/c1-2-16-9-4-3-7(5-8(9)11)6-13-10(15)14-12/h3-5H,2,6,12H2,1H3,(H2,13,14,15). The highest BCUT2D eigenvalue weighted by Crippen LogP contribution is 2.25. The van der Waals surface area contributed by atoms with Gasteiger partial charge in [0.2, 0.25) is 0 Å². The van der Waals surface area contributed by atoms with Crippen LogP contribution in [0.2, 0.25) is 5.02 Å². The molecule has 0 radical (unpaired) electrons. The molecule has 0 aliphatic carbocycles. The summed E-state index contributed by atoms with van der Waals surface area (Å²) in [5, 5.41) is 3.08. The minimum absolute atomic E-state index is 0.356. The summed E-state index contributed by atoms with van der Waals surface area (Å²) >= 11 is 5.98. The topological polar surface area (TPSA) is 76.4 Å². The van der Waals surface area contributed by atoms with E-state index in [9.17, 15) is 4.79 Å². The van der Waals surface area contributed by atoms with E-state index in [-0.39, 0.29) is 0 Å². The highest BCUT2D eigenvalue weighted by Gasteiger charge is 2.03. The van der Waals surface area contributed by atoms with Crippen LogP contribution in [-0.2, 0) is 6.54 Å². The van der Waals surface area contributed by atoms with E-state index in [1.165, 1.54) is 0 Å². The van der Waals surface area contributed by atoms with E-state index in [0.29, 0.717) is 23.9 Å². The molecule has 0 aromatic heterocycles. The number of benzene rings is 1. The summed E-state index contributed by atoms with van der Waals surface area (Å²) < 4.78 is 5.29. The Bertz CT molecular complexity index is 371. The van der Waals surface area contributed by atoms with Gasteiger partial charge in [0.25, 0.3) is 0 Å². The number of halogens is 1. The van der Waals surface area contributed by atoms with Crippen molar-refractivity contribution in [1.82, 2.24) is 10.7 Å². The van der Waals surface area contributed by atoms with E-state index in [1.807, 2.05) is 18.4 Å². The minimum Gasteiger partial charge on any atom is -0.492 e. The molecular formula is C10H14ClN3O2. The Kier molecular flexibility index (Phi) is 4.88. The normalized spacial score (nSPS) is 9.69. The van der Waals surface area contributed by atoms with Crippen molar-refractivity contribution in [3.8, 4) is 5.75 Å². The molecule has 4 N–H and O–H groups in total. The molecule has 0 aliphatic heterocycles. The number of ether oxygens (including phenoxy) is 1. The van der Waals surface area contributed by atoms with Crippen molar-refractivity contribution in [3.63, 3.8) is 0 Å². The summed E-state index contributed by atoms with van der Waals surface area (Å²) in [6.45, 7) is 2.80. The van der Waals surface area contributed by atoms with Gasteiger partial charge in [-0.2, -0.15) is 0 Å². The van der Waals surface area contributed by atoms with Gasteiger partial charge in [-0.25, -0.2) is 10.6 Å². The van der Waals surface area contributed by atoms with Gasteiger partial charge in [-0.1, -0.05) is 17.7 Å². The second-order valence-electron chi connectivity index (χ2n) is 3.02. The third kappa shape index (κ3) is 3.60. The molecule has 0 unspecified atom stereocenters. The molecule has 0 heterocycles. The smallest absolute Gasteiger partial charge is 0.329 e. The predicted molar refractivity (Wildman–Crippen MR) is 62.2 cm³/mol. The van der Waals surface area contributed by atoms with Gasteiger partial charge in [0, 0.05) is 6.54 Å². The fourth-order valence-electron chi connectivity index (χ4n) is 1.16. The molecule has 5 nitrogen and oxygen atoms in total. The van der Waals surface area contributed by atoms with Crippen molar-refractivity contribution in [2.24, 2.45) is 5.84 Å². The van der Waals surface area contributed by atoms with E-state index in [2.05, 4.69) is 5.32 Å². The first-order valence-corrected chi connectivity index (χ1v) is 5.20. The van der Waals surface area contributed by atoms with Crippen LogP contribution in [0.15, 0.2) is 18.2 Å². The first kappa shape index (κ1) is 12.6. The zero-order chi connectivity index (χ0) is 12.0. The van der Waals surface area contributed by atoms with Crippen molar-refractivity contribution >= 4 is 17.6 Å². The molecule has 0 bridgehead atoms. The van der Waals surface area contributed by atoms with Crippen molar-refractivity contribution in [1.29, 1.82) is 0 Å². The van der Waals surface area contributed by atoms with Crippen LogP contribution < -0.4 is 21.3 Å². The number of hydrogen-bond donors (Lipinski definition) is 3. The molecule has 1 rings (SSSR count). The molecule has 0 spiro atoms. The quantitative estimate of drug-likeness (QED) is 0.425. The summed E-state index contributed by atoms with van der Waals surface area (Å²) in [7, 11) is 0. The molecule has 6 heteroatoms. The molecule has 0 aliphatic rings. The van der Waals surface area contributed by atoms with Gasteiger partial charge in [-0.15, -0.1) is 0 Å². The van der Waals surface area contributed by atoms with E-state index < -0.39 is 6.03 Å². The number of amides is 2. The number of nitrogens with one attached hydrogen (secondary N) is 2. The fraction of sp³-hybridized carbons (Fsp3) is 0.300. The first-order valence-electron chi connectivity index (χ1n) is 4.83.